The molecular formula is C55H80N16O11. The number of aliphatic imine (C=N–C) groups is 2. The molecule has 0 unspecified atom stereocenters. The SMILES string of the molecule is CC(C)C[C@H](NC(=O)[C@H](Cc1ccccc1)NC(=O)[C@@H](N)Cc1ccc(O)cc1)C(=O)N(CCc1ccc(O)cc1)CC(=O)N[C@@H](CCCN=C(N)N)C(=O)N1CCC[C@H]1C(=O)N[C@@H](CCCN=C(N)N)C(=O)N[C@@H](CC(N)=O)C(N)=O. The van der Waals surface area contributed by atoms with Crippen molar-refractivity contribution >= 4 is 65.1 Å². The Morgan fingerprint density at radius 2 is 1.17 bits per heavy atom. The normalized spacial score (nSPS) is 15.0. The summed E-state index contributed by atoms with van der Waals surface area (Å²) >= 11 is 0. The molecule has 0 aromatic heterocycles. The zero-order valence-electron chi connectivity index (χ0n) is 46.3. The lowest BCUT2D eigenvalue weighted by atomic mass is 9.99. The number of primary amides is 2. The number of aromatic hydroxyl groups is 2. The van der Waals surface area contributed by atoms with Crippen molar-refractivity contribution in [1.82, 2.24) is 36.4 Å². The molecule has 446 valence electrons. The molecule has 1 saturated heterocycles. The molecule has 0 radical (unpaired) electrons. The van der Waals surface area contributed by atoms with Gasteiger partial charge in [0.15, 0.2) is 11.9 Å². The summed E-state index contributed by atoms with van der Waals surface area (Å²) in [5.74, 6) is -7.69. The third-order valence-electron chi connectivity index (χ3n) is 13.3. The van der Waals surface area contributed by atoms with E-state index in [9.17, 15) is 53.4 Å². The predicted octanol–water partition coefficient (Wildman–Crippen LogP) is -2.79. The monoisotopic (exact) mass is 1140 g/mol. The second-order valence-corrected chi connectivity index (χ2v) is 20.5. The van der Waals surface area contributed by atoms with Crippen LogP contribution in [0.3, 0.4) is 0 Å². The minimum absolute atomic E-state index is 0.00254. The molecule has 1 aliphatic rings. The molecule has 0 saturated carbocycles. The summed E-state index contributed by atoms with van der Waals surface area (Å²) in [6.45, 7) is 3.13. The molecule has 0 bridgehead atoms. The van der Waals surface area contributed by atoms with E-state index in [1.54, 1.807) is 54.6 Å². The second-order valence-electron chi connectivity index (χ2n) is 20.5. The van der Waals surface area contributed by atoms with Crippen LogP contribution in [0.4, 0.5) is 0 Å². The Kier molecular flexibility index (Phi) is 26.3. The summed E-state index contributed by atoms with van der Waals surface area (Å²) in [5.41, 5.74) is 41.1. The summed E-state index contributed by atoms with van der Waals surface area (Å²) in [7, 11) is 0. The van der Waals surface area contributed by atoms with E-state index in [2.05, 4.69) is 36.6 Å². The molecule has 0 spiro atoms. The summed E-state index contributed by atoms with van der Waals surface area (Å²) < 4.78 is 0. The Labute approximate surface area is 476 Å². The number of amides is 9. The van der Waals surface area contributed by atoms with Gasteiger partial charge in [0.05, 0.1) is 19.0 Å². The smallest absolute Gasteiger partial charge is 0.245 e. The van der Waals surface area contributed by atoms with Crippen LogP contribution in [0, 0.1) is 5.92 Å². The number of hydrogen-bond acceptors (Lipinski definition) is 14. The molecule has 21 N–H and O–H groups in total. The summed E-state index contributed by atoms with van der Waals surface area (Å²) in [6, 6.07) is 12.4. The van der Waals surface area contributed by atoms with Crippen LogP contribution in [-0.4, -0.2) is 160 Å². The van der Waals surface area contributed by atoms with Crippen LogP contribution in [0.2, 0.25) is 0 Å². The van der Waals surface area contributed by atoms with Crippen LogP contribution >= 0.6 is 0 Å². The van der Waals surface area contributed by atoms with Crippen LogP contribution in [0.15, 0.2) is 88.8 Å². The number of rotatable bonds is 33. The van der Waals surface area contributed by atoms with Gasteiger partial charge in [-0.2, -0.15) is 0 Å². The number of hydrogen-bond donors (Lipinski definition) is 14. The number of likely N-dealkylation sites (tertiary alicyclic amines) is 1. The summed E-state index contributed by atoms with van der Waals surface area (Å²) in [6.07, 6.45) is 0.465. The number of nitrogens with two attached hydrogens (primary N) is 7. The van der Waals surface area contributed by atoms with E-state index >= 15 is 0 Å². The Balaban J connectivity index is 1.63. The maximum Gasteiger partial charge on any atom is 0.245 e. The average molecular weight is 1140 g/mol. The highest BCUT2D eigenvalue weighted by atomic mass is 16.3. The van der Waals surface area contributed by atoms with Crippen molar-refractivity contribution in [3.8, 4) is 11.5 Å². The largest absolute Gasteiger partial charge is 0.508 e. The zero-order valence-corrected chi connectivity index (χ0v) is 46.3. The fraction of sp³-hybridized carbons (Fsp3) is 0.473. The van der Waals surface area contributed by atoms with Gasteiger partial charge in [-0.25, -0.2) is 0 Å². The molecule has 7 atom stereocenters. The van der Waals surface area contributed by atoms with Gasteiger partial charge in [-0.05, 0) is 105 Å². The first-order chi connectivity index (χ1) is 38.9. The fourth-order valence-electron chi connectivity index (χ4n) is 9.11. The third kappa shape index (κ3) is 22.6. The average Bonchev–Trinajstić information content (AvgIpc) is 4.17. The van der Waals surface area contributed by atoms with Gasteiger partial charge in [0, 0.05) is 32.6 Å². The minimum Gasteiger partial charge on any atom is -0.508 e. The predicted molar refractivity (Wildman–Crippen MR) is 305 cm³/mol. The van der Waals surface area contributed by atoms with Gasteiger partial charge in [-0.3, -0.25) is 53.1 Å². The van der Waals surface area contributed by atoms with Gasteiger partial charge in [-0.15, -0.1) is 0 Å². The molecule has 27 heteroatoms. The molecule has 3 aromatic rings. The number of carbonyl (C=O) groups excluding carboxylic acids is 9. The van der Waals surface area contributed by atoms with Crippen LogP contribution in [-0.2, 0) is 62.4 Å². The first-order valence-corrected chi connectivity index (χ1v) is 27.0. The Hall–Kier alpha value is -9.01. The molecule has 1 fully saturated rings. The number of guanidine groups is 2. The van der Waals surface area contributed by atoms with Gasteiger partial charge in [-0.1, -0.05) is 68.4 Å². The maximum atomic E-state index is 15.0. The molecule has 1 aliphatic heterocycles. The Morgan fingerprint density at radius 3 is 1.73 bits per heavy atom. The second kappa shape index (κ2) is 32.9. The van der Waals surface area contributed by atoms with E-state index in [4.69, 9.17) is 40.1 Å². The van der Waals surface area contributed by atoms with E-state index < -0.39 is 108 Å². The molecule has 1 heterocycles. The summed E-state index contributed by atoms with van der Waals surface area (Å²) in [4.78, 5) is 134. The highest BCUT2D eigenvalue weighted by Crippen LogP contribution is 2.21. The van der Waals surface area contributed by atoms with Gasteiger partial charge in [0.2, 0.25) is 53.2 Å². The molecule has 4 rings (SSSR count). The first-order valence-electron chi connectivity index (χ1n) is 27.0. The molecule has 27 nitrogen and oxygen atoms in total. The van der Waals surface area contributed by atoms with Gasteiger partial charge >= 0.3 is 0 Å². The fourth-order valence-corrected chi connectivity index (χ4v) is 9.11. The van der Waals surface area contributed by atoms with Gasteiger partial charge in [0.1, 0.15) is 47.8 Å². The number of nitrogens with one attached hydrogen (secondary N) is 5. The van der Waals surface area contributed by atoms with E-state index in [-0.39, 0.29) is 113 Å². The van der Waals surface area contributed by atoms with E-state index in [1.807, 2.05) is 13.8 Å². The van der Waals surface area contributed by atoms with E-state index in [0.717, 1.165) is 0 Å². The Morgan fingerprint density at radius 1 is 0.634 bits per heavy atom. The van der Waals surface area contributed by atoms with Gasteiger partial charge in [0.25, 0.3) is 0 Å². The number of phenolic OH excluding ortho intramolecular Hbond substituents is 2. The number of benzene rings is 3. The van der Waals surface area contributed by atoms with Crippen molar-refractivity contribution in [2.45, 2.75) is 127 Å². The highest BCUT2D eigenvalue weighted by Gasteiger charge is 2.40. The van der Waals surface area contributed by atoms with Crippen molar-refractivity contribution in [2.24, 2.45) is 56.0 Å². The van der Waals surface area contributed by atoms with Crippen LogP contribution < -0.4 is 66.7 Å². The topological polar surface area (TPSA) is 468 Å². The first kappa shape index (κ1) is 65.5. The lowest BCUT2D eigenvalue weighted by Gasteiger charge is -2.32. The van der Waals surface area contributed by atoms with E-state index in [1.165, 1.54) is 34.1 Å². The Bertz CT molecular complexity index is 2700. The standard InChI is InChI=1S/C55H80N16O11/c1-32(2)27-43(69-50(79)42(29-34-9-4-3-5-10-34)68-48(77)38(56)28-35-16-20-37(73)21-17-35)52(81)70(26-22-33-14-18-36(72)19-15-33)31-46(75)65-40(12-7-24-64-55(61)62)53(82)71-25-8-13-44(71)51(80)66-39(11-6-23-63-54(59)60)49(78)67-41(47(58)76)30-45(57)74/h3-5,9-10,14-21,32,38-44,72-73H,6-8,11-13,22-31,56H2,1-2H3,(H2,57,74)(H2,58,76)(H,65,75)(H,66,80)(H,67,78)(H,68,77)(H,69,79)(H4,59,60,63)(H4,61,62,64)/t38-,39-,40-,41-,42-,43-,44-/m0/s1. The van der Waals surface area contributed by atoms with Crippen LogP contribution in [0.5, 0.6) is 11.5 Å². The maximum absolute atomic E-state index is 15.0. The summed E-state index contributed by atoms with van der Waals surface area (Å²) in [5, 5.41) is 33.1. The van der Waals surface area contributed by atoms with Crippen molar-refractivity contribution in [3.05, 3.63) is 95.6 Å². The minimum atomic E-state index is -1.50. The third-order valence-corrected chi connectivity index (χ3v) is 13.3. The number of carbonyl (C=O) groups is 9. The molecule has 82 heavy (non-hydrogen) atoms. The quantitative estimate of drug-likeness (QED) is 0.0167. The van der Waals surface area contributed by atoms with Crippen molar-refractivity contribution in [3.63, 3.8) is 0 Å². The highest BCUT2D eigenvalue weighted by molar-refractivity contribution is 5.98. The molecule has 9 amide bonds. The molecule has 3 aromatic carbocycles. The number of nitrogens with zero attached hydrogens (tertiary/aromatic N) is 4. The van der Waals surface area contributed by atoms with Crippen LogP contribution in [0.25, 0.3) is 0 Å². The van der Waals surface area contributed by atoms with Crippen molar-refractivity contribution < 1.29 is 53.4 Å². The van der Waals surface area contributed by atoms with Gasteiger partial charge < -0.3 is 86.7 Å². The van der Waals surface area contributed by atoms with E-state index in [0.29, 0.717) is 23.1 Å². The molecule has 0 aliphatic carbocycles. The van der Waals surface area contributed by atoms with Crippen LogP contribution in [0.1, 0.15) is 81.9 Å². The number of phenols is 2. The van der Waals surface area contributed by atoms with Crippen molar-refractivity contribution in [1.29, 1.82) is 0 Å². The molecular weight excluding hydrogens is 1060 g/mol. The van der Waals surface area contributed by atoms with Crippen molar-refractivity contribution in [2.75, 3.05) is 32.7 Å². The lowest BCUT2D eigenvalue weighted by molar-refractivity contribution is -0.143. The lowest BCUT2D eigenvalue weighted by Crippen LogP contribution is -2.59. The zero-order chi connectivity index (χ0) is 60.5.